The van der Waals surface area contributed by atoms with Gasteiger partial charge in [0.2, 0.25) is 0 Å². The van der Waals surface area contributed by atoms with Crippen LogP contribution in [0, 0.1) is 0 Å². The van der Waals surface area contributed by atoms with Gasteiger partial charge < -0.3 is 9.73 Å². The third-order valence-electron chi connectivity index (χ3n) is 4.20. The largest absolute Gasteiger partial charge is 0.463 e. The highest BCUT2D eigenvalue weighted by atomic mass is 19.4. The molecule has 1 N–H and O–H groups in total. The van der Waals surface area contributed by atoms with Crippen LogP contribution >= 0.6 is 0 Å². The van der Waals surface area contributed by atoms with E-state index in [0.29, 0.717) is 28.5 Å². The van der Waals surface area contributed by atoms with Crippen molar-refractivity contribution >= 4 is 11.7 Å². The Bertz CT molecular complexity index is 1120. The van der Waals surface area contributed by atoms with Gasteiger partial charge in [0.15, 0.2) is 5.76 Å². The number of nitrogens with zero attached hydrogens (tertiary/aromatic N) is 2. The number of amides is 1. The van der Waals surface area contributed by atoms with Gasteiger partial charge in [0.25, 0.3) is 5.91 Å². The molecule has 146 valence electrons. The van der Waals surface area contributed by atoms with E-state index < -0.39 is 11.7 Å². The molecule has 0 aliphatic heterocycles. The van der Waals surface area contributed by atoms with Gasteiger partial charge in [-0.1, -0.05) is 18.2 Å². The summed E-state index contributed by atoms with van der Waals surface area (Å²) in [5.74, 6) is 0.389. The van der Waals surface area contributed by atoms with Gasteiger partial charge in [-0.05, 0) is 48.5 Å². The zero-order chi connectivity index (χ0) is 20.4. The highest BCUT2D eigenvalue weighted by Gasteiger charge is 2.30. The van der Waals surface area contributed by atoms with Crippen molar-refractivity contribution in [2.75, 3.05) is 5.32 Å². The van der Waals surface area contributed by atoms with Crippen LogP contribution in [0.1, 0.15) is 15.9 Å². The molecule has 4 rings (SSSR count). The number of carbonyl (C=O) groups is 1. The molecule has 0 atom stereocenters. The number of anilines is 1. The molecule has 0 aliphatic rings. The first kappa shape index (κ1) is 18.5. The second-order valence-corrected chi connectivity index (χ2v) is 6.17. The predicted octanol–water partition coefficient (Wildman–Crippen LogP) is 5.40. The van der Waals surface area contributed by atoms with Crippen molar-refractivity contribution in [2.24, 2.45) is 0 Å². The van der Waals surface area contributed by atoms with E-state index in [1.54, 1.807) is 48.5 Å². The van der Waals surface area contributed by atoms with Crippen molar-refractivity contribution in [1.29, 1.82) is 0 Å². The Morgan fingerprint density at radius 3 is 2.31 bits per heavy atom. The molecule has 2 aromatic heterocycles. The van der Waals surface area contributed by atoms with Crippen molar-refractivity contribution in [3.05, 3.63) is 90.2 Å². The zero-order valence-electron chi connectivity index (χ0n) is 14.9. The average Bonchev–Trinajstić information content (AvgIpc) is 3.38. The Balaban J connectivity index is 1.73. The van der Waals surface area contributed by atoms with E-state index in [2.05, 4.69) is 10.4 Å². The first-order valence-corrected chi connectivity index (χ1v) is 8.60. The third-order valence-corrected chi connectivity index (χ3v) is 4.20. The van der Waals surface area contributed by atoms with E-state index in [1.165, 1.54) is 23.1 Å². The summed E-state index contributed by atoms with van der Waals surface area (Å²) in [6.45, 7) is 0. The molecule has 2 heterocycles. The van der Waals surface area contributed by atoms with Crippen molar-refractivity contribution < 1.29 is 22.4 Å². The maximum absolute atomic E-state index is 12.9. The van der Waals surface area contributed by atoms with Gasteiger partial charge >= 0.3 is 6.18 Å². The minimum Gasteiger partial charge on any atom is -0.463 e. The summed E-state index contributed by atoms with van der Waals surface area (Å²) in [7, 11) is 0. The number of alkyl halides is 3. The fourth-order valence-electron chi connectivity index (χ4n) is 2.78. The fourth-order valence-corrected chi connectivity index (χ4v) is 2.78. The number of furan rings is 1. The summed E-state index contributed by atoms with van der Waals surface area (Å²) in [6.07, 6.45) is -2.96. The van der Waals surface area contributed by atoms with Crippen LogP contribution in [0.3, 0.4) is 0 Å². The highest BCUT2D eigenvalue weighted by molar-refractivity contribution is 6.04. The number of halogens is 3. The second-order valence-electron chi connectivity index (χ2n) is 6.17. The van der Waals surface area contributed by atoms with Gasteiger partial charge in [-0.3, -0.25) is 4.79 Å². The lowest BCUT2D eigenvalue weighted by Crippen LogP contribution is -2.15. The summed E-state index contributed by atoms with van der Waals surface area (Å²) in [4.78, 5) is 12.6. The van der Waals surface area contributed by atoms with E-state index in [1.807, 2.05) is 0 Å². The topological polar surface area (TPSA) is 60.1 Å². The van der Waals surface area contributed by atoms with E-state index in [0.717, 1.165) is 12.1 Å². The Labute approximate surface area is 163 Å². The van der Waals surface area contributed by atoms with Gasteiger partial charge in [-0.15, -0.1) is 0 Å². The van der Waals surface area contributed by atoms with Crippen molar-refractivity contribution in [1.82, 2.24) is 9.78 Å². The predicted molar refractivity (Wildman–Crippen MR) is 101 cm³/mol. The summed E-state index contributed by atoms with van der Waals surface area (Å²) in [5.41, 5.74) is 0.458. The lowest BCUT2D eigenvalue weighted by Gasteiger charge is -2.11. The molecule has 1 amide bonds. The molecule has 8 heteroatoms. The molecule has 0 bridgehead atoms. The molecular weight excluding hydrogens is 383 g/mol. The molecule has 5 nitrogen and oxygen atoms in total. The fraction of sp³-hybridized carbons (Fsp3) is 0.0476. The summed E-state index contributed by atoms with van der Waals surface area (Å²) in [6, 6.07) is 18.1. The standard InChI is InChI=1S/C21H14F3N3O2/c22-21(23,24)15-8-10-16(11-9-15)27-19(13-17(26-27)18-7-4-12-29-18)25-20(28)14-5-2-1-3-6-14/h1-13H,(H,25,28). The van der Waals surface area contributed by atoms with Gasteiger partial charge in [0.05, 0.1) is 17.5 Å². The maximum atomic E-state index is 12.9. The number of nitrogens with one attached hydrogen (secondary N) is 1. The van der Waals surface area contributed by atoms with Gasteiger partial charge in [0, 0.05) is 11.6 Å². The molecule has 0 fully saturated rings. The molecule has 0 saturated heterocycles. The molecule has 0 aliphatic carbocycles. The van der Waals surface area contributed by atoms with Gasteiger partial charge in [0.1, 0.15) is 11.5 Å². The Hall–Kier alpha value is -3.81. The minimum absolute atomic E-state index is 0.296. The number of rotatable bonds is 4. The normalized spacial score (nSPS) is 11.4. The Kier molecular flexibility index (Phi) is 4.67. The smallest absolute Gasteiger partial charge is 0.416 e. The van der Waals surface area contributed by atoms with E-state index in [9.17, 15) is 18.0 Å². The lowest BCUT2D eigenvalue weighted by atomic mass is 10.2. The molecule has 2 aromatic carbocycles. The van der Waals surface area contributed by atoms with Crippen LogP contribution in [0.2, 0.25) is 0 Å². The SMILES string of the molecule is O=C(Nc1cc(-c2ccco2)nn1-c1ccc(C(F)(F)F)cc1)c1ccccc1. The number of aromatic nitrogens is 2. The van der Waals surface area contributed by atoms with E-state index in [4.69, 9.17) is 4.42 Å². The van der Waals surface area contributed by atoms with E-state index >= 15 is 0 Å². The van der Waals surface area contributed by atoms with Crippen molar-refractivity contribution in [3.8, 4) is 17.1 Å². The summed E-state index contributed by atoms with van der Waals surface area (Å²) in [5, 5.41) is 7.14. The van der Waals surface area contributed by atoms with Gasteiger partial charge in [-0.2, -0.15) is 18.3 Å². The minimum atomic E-state index is -4.44. The van der Waals surface area contributed by atoms with Gasteiger partial charge in [-0.25, -0.2) is 4.68 Å². The van der Waals surface area contributed by atoms with Crippen molar-refractivity contribution in [3.63, 3.8) is 0 Å². The maximum Gasteiger partial charge on any atom is 0.416 e. The Morgan fingerprint density at radius 1 is 0.966 bits per heavy atom. The average molecular weight is 397 g/mol. The van der Waals surface area contributed by atoms with Crippen LogP contribution in [0.15, 0.2) is 83.5 Å². The number of hydrogen-bond acceptors (Lipinski definition) is 3. The lowest BCUT2D eigenvalue weighted by molar-refractivity contribution is -0.137. The van der Waals surface area contributed by atoms with Crippen LogP contribution in [0.25, 0.3) is 17.1 Å². The number of carbonyl (C=O) groups excluding carboxylic acids is 1. The molecule has 0 spiro atoms. The molecule has 4 aromatic rings. The van der Waals surface area contributed by atoms with E-state index in [-0.39, 0.29) is 5.91 Å². The first-order valence-electron chi connectivity index (χ1n) is 8.60. The van der Waals surface area contributed by atoms with Crippen LogP contribution in [-0.4, -0.2) is 15.7 Å². The quantitative estimate of drug-likeness (QED) is 0.501. The highest BCUT2D eigenvalue weighted by Crippen LogP contribution is 2.31. The van der Waals surface area contributed by atoms with Crippen LogP contribution in [0.5, 0.6) is 0 Å². The monoisotopic (exact) mass is 397 g/mol. The number of hydrogen-bond donors (Lipinski definition) is 1. The first-order chi connectivity index (χ1) is 13.9. The summed E-state index contributed by atoms with van der Waals surface area (Å²) >= 11 is 0. The molecular formula is C21H14F3N3O2. The molecule has 0 radical (unpaired) electrons. The summed E-state index contributed by atoms with van der Waals surface area (Å²) < 4.78 is 45.3. The zero-order valence-corrected chi connectivity index (χ0v) is 14.9. The molecule has 0 unspecified atom stereocenters. The number of benzene rings is 2. The Morgan fingerprint density at radius 2 is 1.69 bits per heavy atom. The molecule has 0 saturated carbocycles. The molecule has 29 heavy (non-hydrogen) atoms. The van der Waals surface area contributed by atoms with Crippen LogP contribution < -0.4 is 5.32 Å². The van der Waals surface area contributed by atoms with Crippen LogP contribution in [-0.2, 0) is 6.18 Å². The van der Waals surface area contributed by atoms with Crippen molar-refractivity contribution in [2.45, 2.75) is 6.18 Å². The third kappa shape index (κ3) is 3.91. The van der Waals surface area contributed by atoms with Crippen LogP contribution in [0.4, 0.5) is 19.0 Å². The second kappa shape index (κ2) is 7.31.